The average molecular weight is 208 g/mol. The summed E-state index contributed by atoms with van der Waals surface area (Å²) in [6, 6.07) is 7.63. The summed E-state index contributed by atoms with van der Waals surface area (Å²) < 4.78 is 11.3. The zero-order valence-corrected chi connectivity index (χ0v) is 8.07. The van der Waals surface area contributed by atoms with E-state index < -0.39 is 11.2 Å². The van der Waals surface area contributed by atoms with Crippen LogP contribution in [0.5, 0.6) is 0 Å². The van der Waals surface area contributed by atoms with Gasteiger partial charge in [0, 0.05) is 23.0 Å². The average Bonchev–Trinajstić information content (AvgIpc) is 2.20. The van der Waals surface area contributed by atoms with E-state index in [1.165, 1.54) is 0 Å². The lowest BCUT2D eigenvalue weighted by molar-refractivity contribution is 0.594. The second-order valence-corrected chi connectivity index (χ2v) is 3.81. The Kier molecular flexibility index (Phi) is 4.00. The Labute approximate surface area is 84.1 Å². The number of rotatable bonds is 0. The minimum absolute atomic E-state index is 0.414. The normalized spacial score (nSPS) is 17.4. The first-order valence-electron chi connectivity index (χ1n) is 3.77. The van der Waals surface area contributed by atoms with Crippen LogP contribution in [0.25, 0.3) is 10.4 Å². The van der Waals surface area contributed by atoms with Crippen LogP contribution in [-0.2, 0) is 11.2 Å². The highest BCUT2D eigenvalue weighted by atomic mass is 32.2. The Hall–Kier alpha value is -1.49. The zero-order valence-electron chi connectivity index (χ0n) is 7.25. The molecular weight excluding hydrogens is 200 g/mol. The molecule has 14 heavy (non-hydrogen) atoms. The molecule has 1 aromatic carbocycles. The first-order valence-corrected chi connectivity index (χ1v) is 5.09. The topological polar surface area (TPSA) is 95.7 Å². The van der Waals surface area contributed by atoms with Gasteiger partial charge in [0.25, 0.3) is 0 Å². The van der Waals surface area contributed by atoms with E-state index in [0.717, 1.165) is 10.5 Å². The highest BCUT2D eigenvalue weighted by molar-refractivity contribution is 7.91. The number of nitrogens with zero attached hydrogens (tertiary/aromatic N) is 3. The van der Waals surface area contributed by atoms with Gasteiger partial charge in [-0.05, 0) is 22.6 Å². The van der Waals surface area contributed by atoms with Crippen LogP contribution in [0.4, 0.5) is 0 Å². The summed E-state index contributed by atoms with van der Waals surface area (Å²) >= 11 is -0.913. The molecule has 0 aromatic heterocycles. The van der Waals surface area contributed by atoms with Crippen LogP contribution in [0.2, 0.25) is 0 Å². The van der Waals surface area contributed by atoms with Crippen molar-refractivity contribution in [2.75, 3.05) is 5.88 Å². The Balaban J connectivity index is 0.000000293. The van der Waals surface area contributed by atoms with Gasteiger partial charge in [-0.1, -0.05) is 12.1 Å². The number of hydrogen-bond donors (Lipinski definition) is 1. The molecule has 5 nitrogen and oxygen atoms in total. The first kappa shape index (κ1) is 10.6. The molecule has 0 amide bonds. The van der Waals surface area contributed by atoms with Gasteiger partial charge in [-0.3, -0.25) is 0 Å². The molecule has 0 bridgehead atoms. The van der Waals surface area contributed by atoms with E-state index in [4.69, 9.17) is 11.1 Å². The molecule has 2 rings (SSSR count). The monoisotopic (exact) mass is 208 g/mol. The van der Waals surface area contributed by atoms with E-state index in [-0.39, 0.29) is 0 Å². The summed E-state index contributed by atoms with van der Waals surface area (Å²) in [6.07, 6.45) is 1.77. The number of aliphatic imine (C=N–C) groups is 1. The standard InChI is InChI=1S/C8H7NOS.HN3/c10-11-6-9-5-7-3-1-2-4-8(7)11;1-3-2/h1-5H,6H2;1H. The van der Waals surface area contributed by atoms with Gasteiger partial charge >= 0.3 is 0 Å². The van der Waals surface area contributed by atoms with Crippen LogP contribution in [0.1, 0.15) is 5.56 Å². The van der Waals surface area contributed by atoms with E-state index in [0.29, 0.717) is 5.88 Å². The van der Waals surface area contributed by atoms with E-state index in [1.54, 1.807) is 11.1 Å². The molecule has 1 aliphatic heterocycles. The lowest BCUT2D eigenvalue weighted by atomic mass is 10.2. The highest BCUT2D eigenvalue weighted by Gasteiger charge is 2.16. The number of nitrogens with one attached hydrogen (secondary N) is 1. The van der Waals surface area contributed by atoms with Crippen LogP contribution in [0.3, 0.4) is 0 Å². The maximum atomic E-state index is 11.3. The molecule has 0 aliphatic carbocycles. The van der Waals surface area contributed by atoms with Gasteiger partial charge < -0.3 is 4.55 Å². The summed E-state index contributed by atoms with van der Waals surface area (Å²) in [7, 11) is 0. The summed E-state index contributed by atoms with van der Waals surface area (Å²) in [5.41, 5.74) is 13.2. The Morgan fingerprint density at radius 2 is 2.14 bits per heavy atom. The molecule has 1 heterocycles. The minimum atomic E-state index is -0.913. The summed E-state index contributed by atoms with van der Waals surface area (Å²) in [6.45, 7) is 0. The predicted octanol–water partition coefficient (Wildman–Crippen LogP) is 2.06. The molecule has 0 saturated carbocycles. The largest absolute Gasteiger partial charge is 0.610 e. The molecule has 0 saturated heterocycles. The van der Waals surface area contributed by atoms with Gasteiger partial charge in [0.15, 0.2) is 4.90 Å². The SMILES string of the molecule is [N-]=[N+]=N.[O-][S+]1CN=Cc2ccccc21. The van der Waals surface area contributed by atoms with Crippen molar-refractivity contribution in [3.8, 4) is 0 Å². The van der Waals surface area contributed by atoms with Gasteiger partial charge in [0.05, 0.1) is 0 Å². The van der Waals surface area contributed by atoms with Crippen molar-refractivity contribution in [1.82, 2.24) is 0 Å². The fourth-order valence-corrected chi connectivity index (χ4v) is 2.03. The quantitative estimate of drug-likeness (QED) is 0.300. The van der Waals surface area contributed by atoms with Crippen molar-refractivity contribution < 1.29 is 4.55 Å². The van der Waals surface area contributed by atoms with Gasteiger partial charge in [0.1, 0.15) is 0 Å². The Morgan fingerprint density at radius 3 is 2.79 bits per heavy atom. The second kappa shape index (κ2) is 5.29. The molecule has 1 aromatic rings. The van der Waals surface area contributed by atoms with Crippen molar-refractivity contribution in [2.45, 2.75) is 4.90 Å². The van der Waals surface area contributed by atoms with Crippen molar-refractivity contribution in [1.29, 1.82) is 5.53 Å². The molecule has 0 fully saturated rings. The summed E-state index contributed by atoms with van der Waals surface area (Å²) in [5, 5.41) is 0. The number of fused-ring (bicyclic) bond motifs is 1. The zero-order chi connectivity index (χ0) is 10.4. The lowest BCUT2D eigenvalue weighted by Gasteiger charge is -2.13. The third-order valence-corrected chi connectivity index (χ3v) is 2.83. The van der Waals surface area contributed by atoms with Gasteiger partial charge in [-0.25, -0.2) is 4.99 Å². The number of benzene rings is 1. The third kappa shape index (κ3) is 2.50. The van der Waals surface area contributed by atoms with E-state index >= 15 is 0 Å². The van der Waals surface area contributed by atoms with Crippen LogP contribution in [0, 0.1) is 5.53 Å². The van der Waals surface area contributed by atoms with Crippen molar-refractivity contribution in [2.24, 2.45) is 4.99 Å². The van der Waals surface area contributed by atoms with E-state index in [2.05, 4.69) is 4.99 Å². The third-order valence-electron chi connectivity index (χ3n) is 1.59. The molecule has 72 valence electrons. The minimum Gasteiger partial charge on any atom is -0.610 e. The number of hydrogen-bond acceptors (Lipinski definition) is 3. The van der Waals surface area contributed by atoms with E-state index in [1.807, 2.05) is 24.3 Å². The smallest absolute Gasteiger partial charge is 0.201 e. The van der Waals surface area contributed by atoms with Gasteiger partial charge in [-0.2, -0.15) is 0 Å². The van der Waals surface area contributed by atoms with Crippen LogP contribution >= 0.6 is 0 Å². The molecule has 1 aliphatic rings. The maximum Gasteiger partial charge on any atom is 0.201 e. The maximum absolute atomic E-state index is 11.3. The van der Waals surface area contributed by atoms with E-state index in [9.17, 15) is 4.55 Å². The Morgan fingerprint density at radius 1 is 1.50 bits per heavy atom. The Bertz CT molecular complexity index is 373. The van der Waals surface area contributed by atoms with Crippen LogP contribution in [0.15, 0.2) is 34.2 Å². The molecular formula is C8H8N4OS. The molecule has 6 heteroatoms. The predicted molar refractivity (Wildman–Crippen MR) is 54.7 cm³/mol. The van der Waals surface area contributed by atoms with Gasteiger partial charge in [0.2, 0.25) is 5.88 Å². The molecule has 1 unspecified atom stereocenters. The van der Waals surface area contributed by atoms with Crippen molar-refractivity contribution in [3.63, 3.8) is 0 Å². The molecule has 0 radical (unpaired) electrons. The summed E-state index contributed by atoms with van der Waals surface area (Å²) in [4.78, 5) is 6.63. The van der Waals surface area contributed by atoms with Crippen LogP contribution < -0.4 is 0 Å². The summed E-state index contributed by atoms with van der Waals surface area (Å²) in [5.74, 6) is 0.414. The first-order chi connectivity index (χ1) is 6.79. The molecule has 1 atom stereocenters. The highest BCUT2D eigenvalue weighted by Crippen LogP contribution is 2.18. The fourth-order valence-electron chi connectivity index (χ4n) is 1.07. The fraction of sp³-hybridized carbons (Fsp3) is 0.125. The van der Waals surface area contributed by atoms with Gasteiger partial charge in [-0.15, -0.1) is 5.53 Å². The van der Waals surface area contributed by atoms with Crippen molar-refractivity contribution in [3.05, 3.63) is 40.3 Å². The van der Waals surface area contributed by atoms with Crippen molar-refractivity contribution >= 4 is 17.4 Å². The van der Waals surface area contributed by atoms with Crippen LogP contribution in [-0.4, -0.2) is 16.6 Å². The molecule has 1 N–H and O–H groups in total. The second-order valence-electron chi connectivity index (χ2n) is 2.42. The molecule has 0 spiro atoms. The lowest BCUT2D eigenvalue weighted by Crippen LogP contribution is -2.12.